The van der Waals surface area contributed by atoms with Gasteiger partial charge in [-0.25, -0.2) is 0 Å². The van der Waals surface area contributed by atoms with Gasteiger partial charge in [0.15, 0.2) is 0 Å². The van der Waals surface area contributed by atoms with Crippen LogP contribution in [0.5, 0.6) is 0 Å². The van der Waals surface area contributed by atoms with E-state index in [1.54, 1.807) is 18.2 Å². The highest BCUT2D eigenvalue weighted by atomic mass is 19.3. The topological polar surface area (TPSA) is 71.7 Å². The van der Waals surface area contributed by atoms with Crippen LogP contribution < -0.4 is 16.4 Å². The van der Waals surface area contributed by atoms with E-state index in [9.17, 15) is 8.78 Å². The molecule has 2 heterocycles. The van der Waals surface area contributed by atoms with Gasteiger partial charge in [-0.2, -0.15) is 8.78 Å². The Balaban J connectivity index is 1.38. The van der Waals surface area contributed by atoms with Crippen LogP contribution in [0.3, 0.4) is 0 Å². The number of nitrogens with one attached hydrogen (secondary N) is 2. The van der Waals surface area contributed by atoms with Crippen molar-refractivity contribution in [3.8, 4) is 0 Å². The predicted octanol–water partition coefficient (Wildman–Crippen LogP) is 2.52. The molecule has 1 aromatic rings. The van der Waals surface area contributed by atoms with Crippen molar-refractivity contribution in [1.82, 2.24) is 10.6 Å². The van der Waals surface area contributed by atoms with Crippen LogP contribution in [-0.2, 0) is 10.7 Å². The lowest BCUT2D eigenvalue weighted by Crippen LogP contribution is -2.35. The molecule has 0 aliphatic carbocycles. The number of hydrogen-bond acceptors (Lipinski definition) is 5. The van der Waals surface area contributed by atoms with Crippen molar-refractivity contribution in [2.45, 2.75) is 44.3 Å². The van der Waals surface area contributed by atoms with Crippen LogP contribution in [0.25, 0.3) is 0 Å². The fourth-order valence-electron chi connectivity index (χ4n) is 4.19. The number of nitrogens with two attached hydrogens (primary N) is 1. The molecular formula is C21H32F2N4O. The number of aliphatic imine (C=N–C) groups is 1. The SMILES string of the molecule is CC1CC(N)=NC(CC2CNCC2OCCNCC(F)(F)c2ccccc2)C1. The summed E-state index contributed by atoms with van der Waals surface area (Å²) in [6, 6.07) is 8.17. The van der Waals surface area contributed by atoms with Crippen LogP contribution in [0.1, 0.15) is 31.7 Å². The number of rotatable bonds is 9. The third-order valence-electron chi connectivity index (χ3n) is 5.59. The highest BCUT2D eigenvalue weighted by Crippen LogP contribution is 2.28. The Bertz CT molecular complexity index is 641. The summed E-state index contributed by atoms with van der Waals surface area (Å²) in [6.07, 6.45) is 3.02. The summed E-state index contributed by atoms with van der Waals surface area (Å²) in [7, 11) is 0. The first-order chi connectivity index (χ1) is 13.4. The number of nitrogens with zero attached hydrogens (tertiary/aromatic N) is 1. The maximum Gasteiger partial charge on any atom is 0.285 e. The number of amidine groups is 1. The second-order valence-corrected chi connectivity index (χ2v) is 8.13. The van der Waals surface area contributed by atoms with E-state index in [0.29, 0.717) is 25.0 Å². The van der Waals surface area contributed by atoms with E-state index >= 15 is 0 Å². The van der Waals surface area contributed by atoms with Crippen molar-refractivity contribution in [3.05, 3.63) is 35.9 Å². The molecule has 3 rings (SSSR count). The molecule has 7 heteroatoms. The zero-order valence-electron chi connectivity index (χ0n) is 16.5. The molecule has 0 aromatic heterocycles. The van der Waals surface area contributed by atoms with Crippen LogP contribution in [-0.4, -0.2) is 50.8 Å². The quantitative estimate of drug-likeness (QED) is 0.563. The van der Waals surface area contributed by atoms with Crippen LogP contribution in [0.2, 0.25) is 0 Å². The van der Waals surface area contributed by atoms with Crippen LogP contribution in [0, 0.1) is 11.8 Å². The molecule has 5 nitrogen and oxygen atoms in total. The molecule has 2 aliphatic heterocycles. The largest absolute Gasteiger partial charge is 0.387 e. The van der Waals surface area contributed by atoms with Crippen LogP contribution in [0.4, 0.5) is 8.78 Å². The summed E-state index contributed by atoms with van der Waals surface area (Å²) in [5, 5.41) is 6.20. The van der Waals surface area contributed by atoms with Crippen LogP contribution in [0.15, 0.2) is 35.3 Å². The van der Waals surface area contributed by atoms with Gasteiger partial charge in [0.25, 0.3) is 5.92 Å². The standard InChI is InChI=1S/C21H32F2N4O/c1-15-9-18(27-20(24)10-15)11-16-12-26-13-19(16)28-8-7-25-14-21(22,23)17-5-3-2-4-6-17/h2-6,15-16,18-19,25-26H,7-14H2,1H3,(H2,24,27). The first-order valence-electron chi connectivity index (χ1n) is 10.2. The fraction of sp³-hybridized carbons (Fsp3) is 0.667. The third kappa shape index (κ3) is 5.96. The maximum atomic E-state index is 14.1. The van der Waals surface area contributed by atoms with E-state index in [-0.39, 0.29) is 24.3 Å². The van der Waals surface area contributed by atoms with Crippen molar-refractivity contribution < 1.29 is 13.5 Å². The minimum absolute atomic E-state index is 0.0324. The summed E-state index contributed by atoms with van der Waals surface area (Å²) in [5.74, 6) is -1.16. The molecule has 0 amide bonds. The van der Waals surface area contributed by atoms with Crippen LogP contribution >= 0.6 is 0 Å². The van der Waals surface area contributed by atoms with Gasteiger partial charge in [0.05, 0.1) is 31.1 Å². The zero-order chi connectivity index (χ0) is 20.0. The fourth-order valence-corrected chi connectivity index (χ4v) is 4.19. The smallest absolute Gasteiger partial charge is 0.285 e. The van der Waals surface area contributed by atoms with E-state index in [1.807, 2.05) is 0 Å². The van der Waals surface area contributed by atoms with E-state index in [2.05, 4.69) is 22.5 Å². The summed E-state index contributed by atoms with van der Waals surface area (Å²) in [6.45, 7) is 4.35. The Morgan fingerprint density at radius 1 is 1.29 bits per heavy atom. The Morgan fingerprint density at radius 2 is 2.07 bits per heavy atom. The van der Waals surface area contributed by atoms with E-state index in [0.717, 1.165) is 38.2 Å². The van der Waals surface area contributed by atoms with Gasteiger partial charge in [0.2, 0.25) is 0 Å². The molecule has 0 bridgehead atoms. The molecule has 156 valence electrons. The number of halogens is 2. The lowest BCUT2D eigenvalue weighted by Gasteiger charge is -2.27. The van der Waals surface area contributed by atoms with Gasteiger partial charge >= 0.3 is 0 Å². The molecule has 1 fully saturated rings. The predicted molar refractivity (Wildman–Crippen MR) is 108 cm³/mol. The van der Waals surface area contributed by atoms with E-state index in [4.69, 9.17) is 10.5 Å². The van der Waals surface area contributed by atoms with Crippen molar-refractivity contribution in [2.24, 2.45) is 22.6 Å². The summed E-state index contributed by atoms with van der Waals surface area (Å²) in [5.41, 5.74) is 5.98. The molecule has 28 heavy (non-hydrogen) atoms. The number of alkyl halides is 2. The Hall–Kier alpha value is -1.57. The maximum absolute atomic E-state index is 14.1. The van der Waals surface area contributed by atoms with Crippen molar-refractivity contribution in [3.63, 3.8) is 0 Å². The first kappa shape index (κ1) is 21.1. The molecule has 0 saturated carbocycles. The molecule has 4 unspecified atom stereocenters. The average Bonchev–Trinajstić information content (AvgIpc) is 3.08. The van der Waals surface area contributed by atoms with Gasteiger partial charge in [0.1, 0.15) is 0 Å². The minimum Gasteiger partial charge on any atom is -0.387 e. The lowest BCUT2D eigenvalue weighted by atomic mass is 9.88. The van der Waals surface area contributed by atoms with Gasteiger partial charge in [-0.1, -0.05) is 37.3 Å². The van der Waals surface area contributed by atoms with E-state index < -0.39 is 5.92 Å². The summed E-state index contributed by atoms with van der Waals surface area (Å²) < 4.78 is 34.2. The average molecular weight is 395 g/mol. The molecule has 4 atom stereocenters. The molecular weight excluding hydrogens is 362 g/mol. The van der Waals surface area contributed by atoms with Crippen molar-refractivity contribution in [2.75, 3.05) is 32.8 Å². The molecule has 2 aliphatic rings. The van der Waals surface area contributed by atoms with Gasteiger partial charge in [-0.3, -0.25) is 4.99 Å². The van der Waals surface area contributed by atoms with Gasteiger partial charge in [-0.05, 0) is 18.8 Å². The molecule has 1 saturated heterocycles. The first-order valence-corrected chi connectivity index (χ1v) is 10.2. The summed E-state index contributed by atoms with van der Waals surface area (Å²) in [4.78, 5) is 4.61. The monoisotopic (exact) mass is 394 g/mol. The number of ether oxygens (including phenoxy) is 1. The van der Waals surface area contributed by atoms with Gasteiger partial charge in [-0.15, -0.1) is 0 Å². The Labute approximate surface area is 166 Å². The number of benzene rings is 1. The highest BCUT2D eigenvalue weighted by Gasteiger charge is 2.32. The summed E-state index contributed by atoms with van der Waals surface area (Å²) >= 11 is 0. The third-order valence-corrected chi connectivity index (χ3v) is 5.59. The second-order valence-electron chi connectivity index (χ2n) is 8.13. The Kier molecular flexibility index (Phi) is 7.37. The van der Waals surface area contributed by atoms with Gasteiger partial charge in [0, 0.05) is 37.5 Å². The molecule has 4 N–H and O–H groups in total. The van der Waals surface area contributed by atoms with Gasteiger partial charge < -0.3 is 21.1 Å². The second kappa shape index (κ2) is 9.76. The van der Waals surface area contributed by atoms with Crippen molar-refractivity contribution in [1.29, 1.82) is 0 Å². The molecule has 1 aromatic carbocycles. The Morgan fingerprint density at radius 3 is 2.82 bits per heavy atom. The highest BCUT2D eigenvalue weighted by molar-refractivity contribution is 5.81. The lowest BCUT2D eigenvalue weighted by molar-refractivity contribution is -0.00837. The number of hydrogen-bond donors (Lipinski definition) is 3. The van der Waals surface area contributed by atoms with Crippen molar-refractivity contribution >= 4 is 5.84 Å². The van der Waals surface area contributed by atoms with E-state index in [1.165, 1.54) is 12.1 Å². The normalized spacial score (nSPS) is 28.3. The molecule has 0 spiro atoms. The molecule has 0 radical (unpaired) electrons. The zero-order valence-corrected chi connectivity index (χ0v) is 16.5. The minimum atomic E-state index is -2.88.